The number of amides is 2. The Bertz CT molecular complexity index is 1180. The van der Waals surface area contributed by atoms with E-state index in [0.29, 0.717) is 43.4 Å². The Labute approximate surface area is 213 Å². The molecule has 0 saturated heterocycles. The summed E-state index contributed by atoms with van der Waals surface area (Å²) in [7, 11) is -3.82. The molecular weight excluding hydrogens is 482 g/mol. The molecule has 0 aliphatic carbocycles. The normalized spacial score (nSPS) is 13.6. The highest BCUT2D eigenvalue weighted by molar-refractivity contribution is 7.92. The monoisotopic (exact) mass is 517 g/mol. The van der Waals surface area contributed by atoms with Crippen molar-refractivity contribution in [2.75, 3.05) is 36.4 Å². The van der Waals surface area contributed by atoms with Crippen LogP contribution in [0.1, 0.15) is 38.3 Å². The van der Waals surface area contributed by atoms with Gasteiger partial charge in [0.2, 0.25) is 21.8 Å². The van der Waals surface area contributed by atoms with Gasteiger partial charge >= 0.3 is 0 Å². The molecule has 0 radical (unpaired) electrons. The number of nitrogens with zero attached hydrogens (tertiary/aromatic N) is 2. The van der Waals surface area contributed by atoms with E-state index in [1.54, 1.807) is 18.2 Å². The molecule has 1 heterocycles. The van der Waals surface area contributed by atoms with Crippen molar-refractivity contribution in [1.82, 2.24) is 10.2 Å². The number of hydrogen-bond donors (Lipinski definition) is 1. The molecule has 2 aromatic rings. The van der Waals surface area contributed by atoms with Crippen LogP contribution in [-0.4, -0.2) is 63.2 Å². The fraction of sp³-hybridized carbons (Fsp3) is 0.462. The highest BCUT2D eigenvalue weighted by Crippen LogP contribution is 2.35. The standard InChI is InChI=1S/C26H35N3O6S/c1-5-22(26(31)27-6-2)28(17-20-10-8-9-19(4)15-20)25(30)18-29(36(32,33)7-3)21-11-12-23-24(16-21)35-14-13-34-23/h8-12,15-16,22H,5-7,13-14,17-18H2,1-4H3,(H,27,31)/t22-/m1/s1. The molecule has 0 bridgehead atoms. The average molecular weight is 518 g/mol. The number of sulfonamides is 1. The molecule has 36 heavy (non-hydrogen) atoms. The number of nitrogens with one attached hydrogen (secondary N) is 1. The first-order chi connectivity index (χ1) is 17.2. The van der Waals surface area contributed by atoms with E-state index in [-0.39, 0.29) is 18.2 Å². The molecule has 0 spiro atoms. The Kier molecular flexibility index (Phi) is 9.19. The lowest BCUT2D eigenvalue weighted by Gasteiger charge is -2.33. The molecule has 1 aliphatic rings. The van der Waals surface area contributed by atoms with Crippen LogP contribution in [0.3, 0.4) is 0 Å². The average Bonchev–Trinajstić information content (AvgIpc) is 2.86. The number of hydrogen-bond acceptors (Lipinski definition) is 6. The molecule has 10 heteroatoms. The van der Waals surface area contributed by atoms with Crippen molar-refractivity contribution in [3.8, 4) is 11.5 Å². The predicted octanol–water partition coefficient (Wildman–Crippen LogP) is 2.87. The molecule has 9 nitrogen and oxygen atoms in total. The fourth-order valence-electron chi connectivity index (χ4n) is 4.13. The van der Waals surface area contributed by atoms with Gasteiger partial charge in [-0.2, -0.15) is 0 Å². The summed E-state index contributed by atoms with van der Waals surface area (Å²) in [6.07, 6.45) is 0.383. The van der Waals surface area contributed by atoms with Crippen molar-refractivity contribution in [2.45, 2.75) is 46.7 Å². The first kappa shape index (κ1) is 27.3. The molecule has 0 saturated carbocycles. The van der Waals surface area contributed by atoms with E-state index in [9.17, 15) is 18.0 Å². The van der Waals surface area contributed by atoms with E-state index in [1.807, 2.05) is 45.0 Å². The van der Waals surface area contributed by atoms with Crippen LogP contribution in [0, 0.1) is 6.92 Å². The van der Waals surface area contributed by atoms with Crippen molar-refractivity contribution >= 4 is 27.5 Å². The van der Waals surface area contributed by atoms with Crippen LogP contribution in [0.25, 0.3) is 0 Å². The van der Waals surface area contributed by atoms with Gasteiger partial charge in [-0.1, -0.05) is 36.8 Å². The van der Waals surface area contributed by atoms with Crippen LogP contribution in [-0.2, 0) is 26.2 Å². The number of ether oxygens (including phenoxy) is 2. The van der Waals surface area contributed by atoms with E-state index in [4.69, 9.17) is 9.47 Å². The number of carbonyl (C=O) groups is 2. The summed E-state index contributed by atoms with van der Waals surface area (Å²) in [5.41, 5.74) is 2.18. The highest BCUT2D eigenvalue weighted by Gasteiger charge is 2.32. The summed E-state index contributed by atoms with van der Waals surface area (Å²) in [5.74, 6) is 0.00769. The van der Waals surface area contributed by atoms with Gasteiger partial charge in [-0.25, -0.2) is 8.42 Å². The minimum absolute atomic E-state index is 0.178. The molecule has 0 unspecified atom stereocenters. The molecule has 0 aromatic heterocycles. The first-order valence-electron chi connectivity index (χ1n) is 12.2. The Hall–Kier alpha value is -3.27. The van der Waals surface area contributed by atoms with E-state index >= 15 is 0 Å². The van der Waals surface area contributed by atoms with Crippen LogP contribution in [0.4, 0.5) is 5.69 Å². The van der Waals surface area contributed by atoms with E-state index < -0.39 is 28.5 Å². The second-order valence-corrected chi connectivity index (χ2v) is 10.7. The third-order valence-electron chi connectivity index (χ3n) is 5.97. The lowest BCUT2D eigenvalue weighted by atomic mass is 10.1. The van der Waals surface area contributed by atoms with Crippen molar-refractivity contribution in [2.24, 2.45) is 0 Å². The third kappa shape index (κ3) is 6.48. The number of benzene rings is 2. The predicted molar refractivity (Wildman–Crippen MR) is 139 cm³/mol. The summed E-state index contributed by atoms with van der Waals surface area (Å²) in [5, 5.41) is 2.79. The van der Waals surface area contributed by atoms with Gasteiger partial charge in [0.25, 0.3) is 0 Å². The smallest absolute Gasteiger partial charge is 0.244 e. The Balaban J connectivity index is 1.98. The molecule has 196 valence electrons. The van der Waals surface area contributed by atoms with E-state index in [2.05, 4.69) is 5.32 Å². The first-order valence-corrected chi connectivity index (χ1v) is 13.8. The third-order valence-corrected chi connectivity index (χ3v) is 7.71. The van der Waals surface area contributed by atoms with Gasteiger partial charge in [-0.15, -0.1) is 0 Å². The SMILES string of the molecule is CCNC(=O)[C@@H](CC)N(Cc1cccc(C)c1)C(=O)CN(c1ccc2c(c1)OCCO2)S(=O)(=O)CC. The second kappa shape index (κ2) is 12.1. The largest absolute Gasteiger partial charge is 0.486 e. The van der Waals surface area contributed by atoms with Crippen LogP contribution in [0.5, 0.6) is 11.5 Å². The summed E-state index contributed by atoms with van der Waals surface area (Å²) < 4.78 is 38.5. The summed E-state index contributed by atoms with van der Waals surface area (Å²) in [6, 6.07) is 11.7. The molecule has 1 atom stereocenters. The summed E-state index contributed by atoms with van der Waals surface area (Å²) >= 11 is 0. The maximum Gasteiger partial charge on any atom is 0.244 e. The number of anilines is 1. The van der Waals surface area contributed by atoms with Crippen molar-refractivity contribution < 1.29 is 27.5 Å². The van der Waals surface area contributed by atoms with Crippen LogP contribution in [0.2, 0.25) is 0 Å². The van der Waals surface area contributed by atoms with Gasteiger partial charge in [0.1, 0.15) is 25.8 Å². The molecule has 3 rings (SSSR count). The molecule has 1 aliphatic heterocycles. The molecule has 0 fully saturated rings. The maximum absolute atomic E-state index is 13.8. The topological polar surface area (TPSA) is 105 Å². The van der Waals surface area contributed by atoms with Crippen molar-refractivity contribution in [3.63, 3.8) is 0 Å². The lowest BCUT2D eigenvalue weighted by Crippen LogP contribution is -2.52. The number of aryl methyl sites for hydroxylation is 1. The number of fused-ring (bicyclic) bond motifs is 1. The zero-order valence-electron chi connectivity index (χ0n) is 21.3. The maximum atomic E-state index is 13.8. The van der Waals surface area contributed by atoms with E-state index in [1.165, 1.54) is 11.8 Å². The number of carbonyl (C=O) groups excluding carboxylic acids is 2. The lowest BCUT2D eigenvalue weighted by molar-refractivity contribution is -0.140. The molecule has 2 amide bonds. The molecule has 1 N–H and O–H groups in total. The zero-order valence-corrected chi connectivity index (χ0v) is 22.1. The fourth-order valence-corrected chi connectivity index (χ4v) is 5.18. The molecular formula is C26H35N3O6S. The summed E-state index contributed by atoms with van der Waals surface area (Å²) in [4.78, 5) is 28.1. The van der Waals surface area contributed by atoms with Gasteiger partial charge in [-0.3, -0.25) is 13.9 Å². The van der Waals surface area contributed by atoms with Crippen LogP contribution in [0.15, 0.2) is 42.5 Å². The molecule has 2 aromatic carbocycles. The van der Waals surface area contributed by atoms with Gasteiger partial charge in [-0.05, 0) is 44.9 Å². The van der Waals surface area contributed by atoms with E-state index in [0.717, 1.165) is 15.4 Å². The highest BCUT2D eigenvalue weighted by atomic mass is 32.2. The minimum Gasteiger partial charge on any atom is -0.486 e. The Morgan fingerprint density at radius 3 is 2.39 bits per heavy atom. The number of rotatable bonds is 11. The van der Waals surface area contributed by atoms with Crippen LogP contribution < -0.4 is 19.1 Å². The Morgan fingerprint density at radius 2 is 1.75 bits per heavy atom. The van der Waals surface area contributed by atoms with Crippen molar-refractivity contribution in [1.29, 1.82) is 0 Å². The van der Waals surface area contributed by atoms with Gasteiger partial charge in [0.15, 0.2) is 11.5 Å². The number of likely N-dealkylation sites (N-methyl/N-ethyl adjacent to an activating group) is 1. The van der Waals surface area contributed by atoms with Gasteiger partial charge in [0, 0.05) is 19.2 Å². The van der Waals surface area contributed by atoms with Crippen LogP contribution >= 0.6 is 0 Å². The van der Waals surface area contributed by atoms with Crippen molar-refractivity contribution in [3.05, 3.63) is 53.6 Å². The van der Waals surface area contributed by atoms with Gasteiger partial charge < -0.3 is 19.7 Å². The quantitative estimate of drug-likeness (QED) is 0.492. The minimum atomic E-state index is -3.82. The Morgan fingerprint density at radius 1 is 1.03 bits per heavy atom. The summed E-state index contributed by atoms with van der Waals surface area (Å²) in [6.45, 7) is 8.04. The van der Waals surface area contributed by atoms with Gasteiger partial charge in [0.05, 0.1) is 11.4 Å². The second-order valence-electron chi connectivity index (χ2n) is 8.56. The zero-order chi connectivity index (χ0) is 26.3.